The van der Waals surface area contributed by atoms with E-state index in [1.54, 1.807) is 29.8 Å². The van der Waals surface area contributed by atoms with E-state index >= 15 is 0 Å². The first-order valence-electron chi connectivity index (χ1n) is 22.7. The van der Waals surface area contributed by atoms with Gasteiger partial charge in [-0.3, -0.25) is 48.1 Å². The van der Waals surface area contributed by atoms with Crippen LogP contribution >= 0.6 is 0 Å². The quantitative estimate of drug-likeness (QED) is 0.0835. The summed E-state index contributed by atoms with van der Waals surface area (Å²) in [6.45, 7) is 12.2. The summed E-state index contributed by atoms with van der Waals surface area (Å²) in [5, 5.41) is 6.32. The molecule has 8 rings (SSSR count). The number of hydrogen-bond acceptors (Lipinski definition) is 13. The third-order valence-corrected chi connectivity index (χ3v) is 12.9. The second-order valence-electron chi connectivity index (χ2n) is 17.3. The number of carbonyl (C=O) groups excluding carboxylic acids is 5. The van der Waals surface area contributed by atoms with Gasteiger partial charge in [-0.15, -0.1) is 0 Å². The van der Waals surface area contributed by atoms with Crippen molar-refractivity contribution in [3.8, 4) is 0 Å². The number of benzene rings is 1. The van der Waals surface area contributed by atoms with Crippen molar-refractivity contribution >= 4 is 46.1 Å². The van der Waals surface area contributed by atoms with Gasteiger partial charge in [0, 0.05) is 68.3 Å². The van der Waals surface area contributed by atoms with Crippen LogP contribution in [0.1, 0.15) is 112 Å². The molecule has 3 fully saturated rings. The number of amides is 4. The molecule has 1 saturated carbocycles. The van der Waals surface area contributed by atoms with Gasteiger partial charge < -0.3 is 25.0 Å². The van der Waals surface area contributed by atoms with Crippen molar-refractivity contribution in [2.75, 3.05) is 70.6 Å². The molecule has 1 aromatic carbocycles. The van der Waals surface area contributed by atoms with Gasteiger partial charge >= 0.3 is 0 Å². The molecule has 17 nitrogen and oxygen atoms in total. The first kappa shape index (κ1) is 45.4. The molecule has 6 heterocycles. The van der Waals surface area contributed by atoms with Gasteiger partial charge in [0.15, 0.2) is 5.78 Å². The first-order valence-corrected chi connectivity index (χ1v) is 22.7. The predicted molar refractivity (Wildman–Crippen MR) is 242 cm³/mol. The van der Waals surface area contributed by atoms with Crippen molar-refractivity contribution < 1.29 is 33.4 Å². The number of fused-ring (bicyclic) bond motifs is 2. The minimum Gasteiger partial charge on any atom is -0.379 e. The molecule has 4 aromatic rings. The summed E-state index contributed by atoms with van der Waals surface area (Å²) in [5.74, 6) is -0.990. The third kappa shape index (κ3) is 10.1. The van der Waals surface area contributed by atoms with Crippen LogP contribution in [0.5, 0.6) is 0 Å². The zero-order chi connectivity index (χ0) is 45.6. The molecule has 3 aromatic heterocycles. The van der Waals surface area contributed by atoms with Gasteiger partial charge in [-0.25, -0.2) is 9.97 Å². The lowest BCUT2D eigenvalue weighted by atomic mass is 9.99. The average Bonchev–Trinajstić information content (AvgIpc) is 3.91. The van der Waals surface area contributed by atoms with E-state index in [1.807, 2.05) is 24.4 Å². The number of piperazine rings is 1. The van der Waals surface area contributed by atoms with Crippen LogP contribution in [-0.4, -0.2) is 130 Å². The summed E-state index contributed by atoms with van der Waals surface area (Å²) < 4.78 is 13.1. The number of hydrogen-bond donors (Lipinski definition) is 2. The van der Waals surface area contributed by atoms with Crippen molar-refractivity contribution in [1.29, 1.82) is 0 Å². The molecule has 0 bridgehead atoms. The van der Waals surface area contributed by atoms with Crippen LogP contribution in [-0.2, 0) is 31.9 Å². The second kappa shape index (κ2) is 20.3. The number of pyridine rings is 2. The van der Waals surface area contributed by atoms with Gasteiger partial charge in [0.25, 0.3) is 17.4 Å². The number of carbonyl (C=O) groups is 5. The number of nitrogens with zero attached hydrogens (tertiary/aromatic N) is 7. The van der Waals surface area contributed by atoms with Gasteiger partial charge in [-0.05, 0) is 81.7 Å². The molecule has 1 unspecified atom stereocenters. The molecule has 17 heteroatoms. The Morgan fingerprint density at radius 3 is 2.40 bits per heavy atom. The Kier molecular flexibility index (Phi) is 14.2. The second-order valence-corrected chi connectivity index (χ2v) is 17.3. The Balaban J connectivity index is 0.707. The highest BCUT2D eigenvalue weighted by Crippen LogP contribution is 2.33. The number of rotatable bonds is 18. The van der Waals surface area contributed by atoms with Gasteiger partial charge in [-0.2, -0.15) is 0 Å². The minimum atomic E-state index is -0.843. The molecule has 0 radical (unpaired) electrons. The van der Waals surface area contributed by atoms with E-state index < -0.39 is 17.9 Å². The lowest BCUT2D eigenvalue weighted by molar-refractivity contribution is -0.125. The normalized spacial score (nSPS) is 18.2. The highest BCUT2D eigenvalue weighted by molar-refractivity contribution is 6.23. The van der Waals surface area contributed by atoms with Crippen molar-refractivity contribution in [2.45, 2.75) is 83.7 Å². The topological polar surface area (TPSA) is 198 Å². The van der Waals surface area contributed by atoms with E-state index in [2.05, 4.69) is 32.0 Å². The summed E-state index contributed by atoms with van der Waals surface area (Å²) in [6.07, 6.45) is 9.90. The van der Waals surface area contributed by atoms with E-state index in [9.17, 15) is 28.8 Å². The highest BCUT2D eigenvalue weighted by Gasteiger charge is 2.44. The number of piperidine rings is 1. The Morgan fingerprint density at radius 1 is 0.908 bits per heavy atom. The van der Waals surface area contributed by atoms with E-state index in [-0.39, 0.29) is 34.8 Å². The largest absolute Gasteiger partial charge is 0.379 e. The number of aromatic nitrogens is 4. The summed E-state index contributed by atoms with van der Waals surface area (Å²) in [7, 11) is 0. The van der Waals surface area contributed by atoms with Crippen molar-refractivity contribution in [3.05, 3.63) is 105 Å². The van der Waals surface area contributed by atoms with Crippen LogP contribution < -0.4 is 21.1 Å². The predicted octanol–water partition coefficient (Wildman–Crippen LogP) is 3.70. The smallest absolute Gasteiger partial charge is 0.263 e. The molecule has 4 amide bonds. The van der Waals surface area contributed by atoms with Gasteiger partial charge in [0.1, 0.15) is 17.5 Å². The number of nitrogens with one attached hydrogen (secondary N) is 2. The molecule has 3 aliphatic heterocycles. The van der Waals surface area contributed by atoms with Gasteiger partial charge in [0.05, 0.1) is 61.4 Å². The Bertz CT molecular complexity index is 2540. The third-order valence-electron chi connectivity index (χ3n) is 12.9. The van der Waals surface area contributed by atoms with Crippen LogP contribution in [0.2, 0.25) is 0 Å². The molecule has 2 saturated heterocycles. The summed E-state index contributed by atoms with van der Waals surface area (Å²) >= 11 is 0. The fourth-order valence-electron chi connectivity index (χ4n) is 9.48. The summed E-state index contributed by atoms with van der Waals surface area (Å²) in [5.41, 5.74) is 5.01. The maximum atomic E-state index is 13.6. The Labute approximate surface area is 377 Å². The molecule has 4 aliphatic rings. The SMILES string of the molecule is C=C1CCC(N2C(=O)c3cccc(CCCOCCOCCNC(=O)CN4CCN(c5ccc(Cc6ncc7c(C)c(C(C)=O)c(=O)n(C8CCCC8)c7n6)nc5)CC4)c3C2=O)C(=O)N1. The zero-order valence-electron chi connectivity index (χ0n) is 37.2. The van der Waals surface area contributed by atoms with Crippen molar-refractivity contribution in [2.24, 2.45) is 0 Å². The lowest BCUT2D eigenvalue weighted by Crippen LogP contribution is -2.51. The van der Waals surface area contributed by atoms with Crippen molar-refractivity contribution in [3.63, 3.8) is 0 Å². The van der Waals surface area contributed by atoms with Crippen molar-refractivity contribution in [1.82, 2.24) is 40.0 Å². The molecule has 1 atom stereocenters. The fraction of sp³-hybridized carbons (Fsp3) is 0.479. The molecule has 1 aliphatic carbocycles. The Hall–Kier alpha value is -6.17. The zero-order valence-corrected chi connectivity index (χ0v) is 37.2. The monoisotopic (exact) mass is 887 g/mol. The number of ketones is 1. The maximum Gasteiger partial charge on any atom is 0.263 e. The first-order chi connectivity index (χ1) is 31.5. The Morgan fingerprint density at radius 2 is 1.68 bits per heavy atom. The standard InChI is InChI=1S/C48H57N9O8/c1-30-13-16-39(45(60)52-30)57-46(61)37-12-6-8-33(43(37)48(57)63)9-7-22-64-24-25-65-23-17-49-41(59)29-54-18-20-55(21-19-54)36-15-14-34(50-27-36)26-40-51-28-38-31(2)42(32(3)58)47(62)56(44(38)53-40)35-10-4-5-11-35/h6,8,12,14-15,27-28,35,39H,1,4-5,7,9-11,13,16-26,29H2,2-3H3,(H,49,59)(H,52,60). The van der Waals surface area contributed by atoms with Crippen LogP contribution in [0.4, 0.5) is 5.69 Å². The lowest BCUT2D eigenvalue weighted by Gasteiger charge is -2.35. The van der Waals surface area contributed by atoms with E-state index in [0.29, 0.717) is 105 Å². The van der Waals surface area contributed by atoms with Crippen LogP contribution in [0, 0.1) is 6.92 Å². The van der Waals surface area contributed by atoms with E-state index in [1.165, 1.54) is 6.92 Å². The number of Topliss-reactive ketones (excluding diaryl/α,β-unsaturated/α-hetero) is 1. The number of allylic oxidation sites excluding steroid dienone is 1. The van der Waals surface area contributed by atoms with E-state index in [4.69, 9.17) is 19.4 Å². The molecular formula is C48H57N9O8. The molecule has 342 valence electrons. The van der Waals surface area contributed by atoms with Crippen LogP contribution in [0.25, 0.3) is 11.0 Å². The summed E-state index contributed by atoms with van der Waals surface area (Å²) in [4.78, 5) is 97.5. The molecule has 2 N–H and O–H groups in total. The minimum absolute atomic E-state index is 0.0203. The van der Waals surface area contributed by atoms with E-state index in [0.717, 1.165) is 79.1 Å². The number of ether oxygens (including phenoxy) is 2. The molecular weight excluding hydrogens is 831 g/mol. The maximum absolute atomic E-state index is 13.6. The number of imide groups is 1. The highest BCUT2D eigenvalue weighted by atomic mass is 16.5. The van der Waals surface area contributed by atoms with Crippen LogP contribution in [0.15, 0.2) is 59.8 Å². The van der Waals surface area contributed by atoms with Gasteiger partial charge in [-0.1, -0.05) is 31.6 Å². The summed E-state index contributed by atoms with van der Waals surface area (Å²) in [6, 6.07) is 8.43. The number of anilines is 1. The number of aryl methyl sites for hydroxylation is 2. The average molecular weight is 888 g/mol. The van der Waals surface area contributed by atoms with Gasteiger partial charge in [0.2, 0.25) is 11.8 Å². The van der Waals surface area contributed by atoms with Crippen LogP contribution in [0.3, 0.4) is 0 Å². The molecule has 65 heavy (non-hydrogen) atoms. The molecule has 0 spiro atoms. The fourth-order valence-corrected chi connectivity index (χ4v) is 9.48.